The summed E-state index contributed by atoms with van der Waals surface area (Å²) in [7, 11) is 1.82. The molecule has 0 atom stereocenters. The number of nitrogen functional groups attached to an aromatic ring is 1. The lowest BCUT2D eigenvalue weighted by atomic mass is 9.99. The van der Waals surface area contributed by atoms with E-state index in [0.29, 0.717) is 0 Å². The van der Waals surface area contributed by atoms with Crippen LogP contribution in [-0.4, -0.2) is 11.1 Å². The van der Waals surface area contributed by atoms with Crippen molar-refractivity contribution in [2.24, 2.45) is 7.05 Å². The van der Waals surface area contributed by atoms with Gasteiger partial charge in [0.05, 0.1) is 10.2 Å². The van der Waals surface area contributed by atoms with Gasteiger partial charge in [-0.15, -0.1) is 0 Å². The summed E-state index contributed by atoms with van der Waals surface area (Å²) in [5.74, 6) is 0. The van der Waals surface area contributed by atoms with Crippen LogP contribution < -0.4 is 15.5 Å². The fourth-order valence-corrected chi connectivity index (χ4v) is 4.33. The zero-order valence-electron chi connectivity index (χ0n) is 13.1. The van der Waals surface area contributed by atoms with Crippen LogP contribution in [0.5, 0.6) is 0 Å². The number of thiazole rings is 1. The molecule has 23 heavy (non-hydrogen) atoms. The van der Waals surface area contributed by atoms with Crippen molar-refractivity contribution >= 4 is 32.9 Å². The van der Waals surface area contributed by atoms with E-state index >= 15 is 0 Å². The minimum atomic E-state index is 0.0910. The van der Waals surface area contributed by atoms with Gasteiger partial charge in [0.15, 0.2) is 0 Å². The molecule has 2 N–H and O–H groups in total. The number of anilines is 2. The lowest BCUT2D eigenvalue weighted by molar-refractivity contribution is 0.693. The highest BCUT2D eigenvalue weighted by atomic mass is 32.1. The molecule has 118 valence electrons. The van der Waals surface area contributed by atoms with Crippen LogP contribution in [0.3, 0.4) is 0 Å². The number of benzene rings is 2. The van der Waals surface area contributed by atoms with E-state index in [1.54, 1.807) is 4.57 Å². The minimum absolute atomic E-state index is 0.0910. The summed E-state index contributed by atoms with van der Waals surface area (Å²) in [4.78, 5) is 14.3. The third-order valence-corrected chi connectivity index (χ3v) is 5.61. The van der Waals surface area contributed by atoms with Gasteiger partial charge in [0.2, 0.25) is 0 Å². The topological polar surface area (TPSA) is 51.3 Å². The van der Waals surface area contributed by atoms with Gasteiger partial charge < -0.3 is 15.2 Å². The maximum atomic E-state index is 11.8. The first-order valence-corrected chi connectivity index (χ1v) is 8.66. The van der Waals surface area contributed by atoms with Crippen molar-refractivity contribution in [3.63, 3.8) is 0 Å². The minimum Gasteiger partial charge on any atom is -0.398 e. The van der Waals surface area contributed by atoms with Crippen LogP contribution in [0.25, 0.3) is 10.2 Å². The molecule has 0 amide bonds. The Morgan fingerprint density at radius 2 is 2.13 bits per heavy atom. The highest BCUT2D eigenvalue weighted by Crippen LogP contribution is 2.32. The highest BCUT2D eigenvalue weighted by molar-refractivity contribution is 7.16. The number of nitrogens with two attached hydrogens (primary N) is 1. The summed E-state index contributed by atoms with van der Waals surface area (Å²) in [5.41, 5.74) is 11.8. The van der Waals surface area contributed by atoms with Gasteiger partial charge in [-0.2, -0.15) is 0 Å². The van der Waals surface area contributed by atoms with Crippen molar-refractivity contribution in [3.05, 3.63) is 57.2 Å². The number of nitrogens with zero attached hydrogens (tertiary/aromatic N) is 2. The second-order valence-corrected chi connectivity index (χ2v) is 7.09. The second-order valence-electron chi connectivity index (χ2n) is 6.10. The normalized spacial score (nSPS) is 14.2. The molecule has 4 rings (SSSR count). The smallest absolute Gasteiger partial charge is 0.307 e. The van der Waals surface area contributed by atoms with E-state index in [2.05, 4.69) is 23.1 Å². The summed E-state index contributed by atoms with van der Waals surface area (Å²) in [5, 5.41) is 0. The molecule has 5 heteroatoms. The zero-order chi connectivity index (χ0) is 16.0. The Morgan fingerprint density at radius 3 is 3.00 bits per heavy atom. The van der Waals surface area contributed by atoms with Crippen LogP contribution in [0.2, 0.25) is 0 Å². The van der Waals surface area contributed by atoms with Gasteiger partial charge in [-0.1, -0.05) is 23.5 Å². The lowest BCUT2D eigenvalue weighted by Gasteiger charge is -2.32. The molecule has 4 nitrogen and oxygen atoms in total. The molecule has 3 aromatic rings. The first-order valence-electron chi connectivity index (χ1n) is 7.84. The number of hydrogen-bond acceptors (Lipinski definition) is 4. The molecular formula is C18H19N3OS. The zero-order valence-corrected chi connectivity index (χ0v) is 13.9. The van der Waals surface area contributed by atoms with E-state index < -0.39 is 0 Å². The maximum Gasteiger partial charge on any atom is 0.307 e. The summed E-state index contributed by atoms with van der Waals surface area (Å²) >= 11 is 1.31. The molecule has 0 aliphatic carbocycles. The highest BCUT2D eigenvalue weighted by Gasteiger charge is 2.18. The Balaban J connectivity index is 1.69. The quantitative estimate of drug-likeness (QED) is 0.737. The van der Waals surface area contributed by atoms with Crippen molar-refractivity contribution in [1.29, 1.82) is 0 Å². The molecular weight excluding hydrogens is 306 g/mol. The second kappa shape index (κ2) is 5.42. The van der Waals surface area contributed by atoms with E-state index in [4.69, 9.17) is 5.73 Å². The predicted molar refractivity (Wildman–Crippen MR) is 97.3 cm³/mol. The molecule has 2 aromatic carbocycles. The molecule has 0 radical (unpaired) electrons. The molecule has 1 aliphatic rings. The monoisotopic (exact) mass is 325 g/mol. The van der Waals surface area contributed by atoms with Gasteiger partial charge in [-0.3, -0.25) is 4.79 Å². The van der Waals surface area contributed by atoms with Crippen LogP contribution in [0, 0.1) is 0 Å². The van der Waals surface area contributed by atoms with E-state index in [1.807, 2.05) is 25.2 Å². The van der Waals surface area contributed by atoms with Gasteiger partial charge in [0, 0.05) is 31.5 Å². The summed E-state index contributed by atoms with van der Waals surface area (Å²) in [6, 6.07) is 12.5. The molecule has 0 spiro atoms. The van der Waals surface area contributed by atoms with Crippen LogP contribution in [0.4, 0.5) is 11.4 Å². The Kier molecular flexibility index (Phi) is 3.38. The molecule has 0 saturated heterocycles. The number of fused-ring (bicyclic) bond motifs is 2. The first kappa shape index (κ1) is 14.3. The number of rotatable bonds is 2. The van der Waals surface area contributed by atoms with Gasteiger partial charge in [0.25, 0.3) is 0 Å². The Hall–Kier alpha value is -2.27. The SMILES string of the molecule is Cn1c(=O)sc2cc(CN3CCCc4c(N)cccc43)ccc21. The van der Waals surface area contributed by atoms with Crippen LogP contribution in [0.1, 0.15) is 17.5 Å². The maximum absolute atomic E-state index is 11.8. The van der Waals surface area contributed by atoms with Crippen molar-refractivity contribution in [1.82, 2.24) is 4.57 Å². The number of aryl methyl sites for hydroxylation is 1. The molecule has 1 aromatic heterocycles. The van der Waals surface area contributed by atoms with Crippen molar-refractivity contribution in [2.75, 3.05) is 17.2 Å². The molecule has 0 saturated carbocycles. The van der Waals surface area contributed by atoms with Crippen LogP contribution >= 0.6 is 11.3 Å². The van der Waals surface area contributed by atoms with Crippen molar-refractivity contribution in [2.45, 2.75) is 19.4 Å². The summed E-state index contributed by atoms with van der Waals surface area (Å²) in [6.07, 6.45) is 2.18. The Labute approximate surface area is 138 Å². The van der Waals surface area contributed by atoms with Crippen molar-refractivity contribution in [3.8, 4) is 0 Å². The number of aromatic nitrogens is 1. The Bertz CT molecular complexity index is 941. The largest absolute Gasteiger partial charge is 0.398 e. The van der Waals surface area contributed by atoms with Gasteiger partial charge >= 0.3 is 4.87 Å². The molecule has 0 bridgehead atoms. The summed E-state index contributed by atoms with van der Waals surface area (Å²) in [6.45, 7) is 1.89. The van der Waals surface area contributed by atoms with E-state index in [-0.39, 0.29) is 4.87 Å². The van der Waals surface area contributed by atoms with Gasteiger partial charge in [0.1, 0.15) is 0 Å². The molecule has 1 aliphatic heterocycles. The molecule has 2 heterocycles. The number of hydrogen-bond donors (Lipinski definition) is 1. The van der Waals surface area contributed by atoms with E-state index in [1.165, 1.54) is 28.2 Å². The third-order valence-electron chi connectivity index (χ3n) is 4.61. The van der Waals surface area contributed by atoms with E-state index in [0.717, 1.165) is 41.8 Å². The lowest BCUT2D eigenvalue weighted by Crippen LogP contribution is -2.29. The van der Waals surface area contributed by atoms with Crippen molar-refractivity contribution < 1.29 is 0 Å². The summed E-state index contributed by atoms with van der Waals surface area (Å²) < 4.78 is 2.76. The molecule has 0 unspecified atom stereocenters. The average molecular weight is 325 g/mol. The average Bonchev–Trinajstić information content (AvgIpc) is 2.83. The predicted octanol–water partition coefficient (Wildman–Crippen LogP) is 3.14. The third kappa shape index (κ3) is 2.41. The molecule has 0 fully saturated rings. The van der Waals surface area contributed by atoms with Crippen LogP contribution in [0.15, 0.2) is 41.2 Å². The van der Waals surface area contributed by atoms with Gasteiger partial charge in [-0.25, -0.2) is 0 Å². The first-order chi connectivity index (χ1) is 11.1. The fraction of sp³-hybridized carbons (Fsp3) is 0.278. The van der Waals surface area contributed by atoms with Crippen LogP contribution in [-0.2, 0) is 20.0 Å². The van der Waals surface area contributed by atoms with E-state index in [9.17, 15) is 4.79 Å². The standard InChI is InChI=1S/C18H19N3OS/c1-20-16-8-7-12(10-17(16)23-18(20)22)11-21-9-3-4-13-14(19)5-2-6-15(13)21/h2,5-8,10H,3-4,9,11,19H2,1H3. The fourth-order valence-electron chi connectivity index (χ4n) is 3.39. The van der Waals surface area contributed by atoms with Gasteiger partial charge in [-0.05, 0) is 48.2 Å². The Morgan fingerprint density at radius 1 is 1.26 bits per heavy atom.